The predicted octanol–water partition coefficient (Wildman–Crippen LogP) is 4.35. The third kappa shape index (κ3) is 4.61. The van der Waals surface area contributed by atoms with Gasteiger partial charge in [-0.15, -0.1) is 0 Å². The molecule has 0 radical (unpaired) electrons. The van der Waals surface area contributed by atoms with Crippen molar-refractivity contribution in [1.82, 2.24) is 14.9 Å². The summed E-state index contributed by atoms with van der Waals surface area (Å²) in [6.45, 7) is 3.67. The fourth-order valence-corrected chi connectivity index (χ4v) is 4.64. The average molecular weight is 467 g/mol. The molecule has 1 aliphatic rings. The van der Waals surface area contributed by atoms with Crippen molar-refractivity contribution in [2.75, 3.05) is 17.7 Å². The quantitative estimate of drug-likeness (QED) is 0.431. The van der Waals surface area contributed by atoms with E-state index in [0.717, 1.165) is 36.6 Å². The van der Waals surface area contributed by atoms with E-state index in [4.69, 9.17) is 5.73 Å². The fraction of sp³-hybridized carbons (Fsp3) is 0.400. The van der Waals surface area contributed by atoms with Gasteiger partial charge in [0.1, 0.15) is 11.6 Å². The van der Waals surface area contributed by atoms with Crippen LogP contribution in [0.3, 0.4) is 0 Å². The lowest BCUT2D eigenvalue weighted by Crippen LogP contribution is -2.34. The first-order valence-electron chi connectivity index (χ1n) is 11.7. The van der Waals surface area contributed by atoms with Crippen LogP contribution in [0.25, 0.3) is 22.0 Å². The molecule has 3 aromatic rings. The molecule has 2 aromatic heterocycles. The number of nitrogens with zero attached hydrogens (tertiary/aromatic N) is 2. The van der Waals surface area contributed by atoms with E-state index in [2.05, 4.69) is 20.9 Å². The van der Waals surface area contributed by atoms with Crippen LogP contribution in [-0.2, 0) is 6.54 Å². The van der Waals surface area contributed by atoms with E-state index in [9.17, 15) is 14.0 Å². The molecular formula is C25H31FN6O2. The van der Waals surface area contributed by atoms with E-state index >= 15 is 0 Å². The smallest absolute Gasteiger partial charge is 0.319 e. The number of amides is 2. The van der Waals surface area contributed by atoms with Crippen molar-refractivity contribution in [1.29, 1.82) is 0 Å². The van der Waals surface area contributed by atoms with Crippen LogP contribution in [0.1, 0.15) is 51.1 Å². The van der Waals surface area contributed by atoms with Crippen LogP contribution in [0, 0.1) is 5.82 Å². The Morgan fingerprint density at radius 2 is 1.94 bits per heavy atom. The summed E-state index contributed by atoms with van der Waals surface area (Å²) in [6, 6.07) is 5.89. The Hall–Kier alpha value is -3.46. The summed E-state index contributed by atoms with van der Waals surface area (Å²) in [5, 5.41) is 9.07. The normalized spacial score (nSPS) is 14.1. The van der Waals surface area contributed by atoms with E-state index < -0.39 is 11.8 Å². The molecule has 0 bridgehead atoms. The second kappa shape index (κ2) is 9.80. The van der Waals surface area contributed by atoms with Crippen molar-refractivity contribution >= 4 is 28.4 Å². The van der Waals surface area contributed by atoms with Gasteiger partial charge in [0.05, 0.1) is 11.2 Å². The molecule has 4 rings (SSSR count). The number of nitrogens with one attached hydrogen (secondary N) is 3. The number of nitrogens with two attached hydrogens (primary N) is 1. The summed E-state index contributed by atoms with van der Waals surface area (Å²) in [7, 11) is 1.79. The Labute approximate surface area is 197 Å². The monoisotopic (exact) mass is 466 g/mol. The molecule has 0 saturated heterocycles. The second-order valence-corrected chi connectivity index (χ2v) is 9.00. The molecule has 0 unspecified atom stereocenters. The Morgan fingerprint density at radius 1 is 1.21 bits per heavy atom. The fourth-order valence-electron chi connectivity index (χ4n) is 4.64. The molecule has 34 heavy (non-hydrogen) atoms. The molecule has 1 fully saturated rings. The number of carbonyl (C=O) groups excluding carboxylic acids is 1. The molecule has 8 nitrogen and oxygen atoms in total. The van der Waals surface area contributed by atoms with Gasteiger partial charge in [-0.05, 0) is 56.0 Å². The van der Waals surface area contributed by atoms with Gasteiger partial charge in [-0.2, -0.15) is 0 Å². The summed E-state index contributed by atoms with van der Waals surface area (Å²) in [6.07, 6.45) is 5.71. The minimum absolute atomic E-state index is 0.0130. The minimum atomic E-state index is -0.611. The third-order valence-electron chi connectivity index (χ3n) is 6.24. The lowest BCUT2D eigenvalue weighted by molar-refractivity contribution is 0.250. The summed E-state index contributed by atoms with van der Waals surface area (Å²) in [4.78, 5) is 30.5. The second-order valence-electron chi connectivity index (χ2n) is 9.00. The van der Waals surface area contributed by atoms with Gasteiger partial charge in [0, 0.05) is 48.9 Å². The lowest BCUT2D eigenvalue weighted by atomic mass is 9.97. The van der Waals surface area contributed by atoms with Gasteiger partial charge < -0.3 is 26.3 Å². The van der Waals surface area contributed by atoms with Gasteiger partial charge in [-0.25, -0.2) is 14.2 Å². The average Bonchev–Trinajstić information content (AvgIpc) is 3.33. The number of carbonyl (C=O) groups is 1. The van der Waals surface area contributed by atoms with Crippen LogP contribution in [0.4, 0.5) is 20.7 Å². The maximum Gasteiger partial charge on any atom is 0.319 e. The van der Waals surface area contributed by atoms with E-state index in [0.29, 0.717) is 22.5 Å². The molecule has 5 N–H and O–H groups in total. The van der Waals surface area contributed by atoms with Crippen molar-refractivity contribution in [2.24, 2.45) is 5.73 Å². The zero-order valence-electron chi connectivity index (χ0n) is 19.7. The predicted molar refractivity (Wildman–Crippen MR) is 134 cm³/mol. The van der Waals surface area contributed by atoms with Crippen molar-refractivity contribution in [3.63, 3.8) is 0 Å². The van der Waals surface area contributed by atoms with Gasteiger partial charge in [0.15, 0.2) is 0 Å². The molecule has 0 atom stereocenters. The molecule has 2 amide bonds. The summed E-state index contributed by atoms with van der Waals surface area (Å²) < 4.78 is 16.6. The lowest BCUT2D eigenvalue weighted by Gasteiger charge is -2.20. The topological polar surface area (TPSA) is 114 Å². The maximum absolute atomic E-state index is 14.8. The molecule has 1 aromatic carbocycles. The van der Waals surface area contributed by atoms with Crippen LogP contribution in [0.5, 0.6) is 0 Å². The highest BCUT2D eigenvalue weighted by Crippen LogP contribution is 2.34. The highest BCUT2D eigenvalue weighted by molar-refractivity contribution is 5.91. The standard InChI is InChI=1S/C25H31FN6O2/c1-14(2)30-25(34)31-21-10-18(15(12-27)9-20(21)26)19-8-16-13-29-23(28-3)11-22(16)32(24(19)33)17-6-4-5-7-17/h8-11,13-14,17H,4-7,12,27H2,1-3H3,(H,28,29)(H2,30,31,34). The van der Waals surface area contributed by atoms with Crippen LogP contribution in [-0.4, -0.2) is 28.7 Å². The Balaban J connectivity index is 1.92. The molecular weight excluding hydrogens is 435 g/mol. The number of urea groups is 1. The van der Waals surface area contributed by atoms with E-state index in [1.165, 1.54) is 12.1 Å². The van der Waals surface area contributed by atoms with E-state index in [-0.39, 0.29) is 29.9 Å². The number of halogens is 1. The molecule has 180 valence electrons. The third-order valence-corrected chi connectivity index (χ3v) is 6.24. The summed E-state index contributed by atoms with van der Waals surface area (Å²) in [5.41, 5.74) is 7.97. The number of hydrogen-bond donors (Lipinski definition) is 4. The maximum atomic E-state index is 14.8. The zero-order valence-corrected chi connectivity index (χ0v) is 19.7. The molecule has 0 spiro atoms. The first kappa shape index (κ1) is 23.7. The number of pyridine rings is 2. The molecule has 9 heteroatoms. The van der Waals surface area contributed by atoms with Crippen molar-refractivity contribution in [3.8, 4) is 11.1 Å². The minimum Gasteiger partial charge on any atom is -0.373 e. The number of hydrogen-bond acceptors (Lipinski definition) is 5. The van der Waals surface area contributed by atoms with E-state index in [1.807, 2.05) is 24.5 Å². The highest BCUT2D eigenvalue weighted by Gasteiger charge is 2.24. The van der Waals surface area contributed by atoms with Crippen LogP contribution in [0.15, 0.2) is 35.3 Å². The van der Waals surface area contributed by atoms with Crippen LogP contribution in [0.2, 0.25) is 0 Å². The zero-order chi connectivity index (χ0) is 24.4. The molecule has 2 heterocycles. The Bertz CT molecular complexity index is 1280. The highest BCUT2D eigenvalue weighted by atomic mass is 19.1. The summed E-state index contributed by atoms with van der Waals surface area (Å²) >= 11 is 0. The largest absolute Gasteiger partial charge is 0.373 e. The molecule has 0 aliphatic heterocycles. The van der Waals surface area contributed by atoms with Crippen molar-refractivity contribution in [2.45, 2.75) is 58.2 Å². The van der Waals surface area contributed by atoms with Crippen molar-refractivity contribution < 1.29 is 9.18 Å². The van der Waals surface area contributed by atoms with Gasteiger partial charge in [0.25, 0.3) is 5.56 Å². The van der Waals surface area contributed by atoms with Gasteiger partial charge in [-0.3, -0.25) is 4.79 Å². The van der Waals surface area contributed by atoms with Crippen molar-refractivity contribution in [3.05, 3.63) is 52.2 Å². The summed E-state index contributed by atoms with van der Waals surface area (Å²) in [5.74, 6) is 0.0684. The Kier molecular flexibility index (Phi) is 6.83. The number of aromatic nitrogens is 2. The van der Waals surface area contributed by atoms with Crippen LogP contribution >= 0.6 is 0 Å². The first-order chi connectivity index (χ1) is 16.3. The number of fused-ring (bicyclic) bond motifs is 1. The van der Waals surface area contributed by atoms with Gasteiger partial charge in [0.2, 0.25) is 0 Å². The van der Waals surface area contributed by atoms with Gasteiger partial charge >= 0.3 is 6.03 Å². The Morgan fingerprint density at radius 3 is 2.59 bits per heavy atom. The number of anilines is 2. The number of benzene rings is 1. The number of rotatable bonds is 6. The van der Waals surface area contributed by atoms with Crippen LogP contribution < -0.4 is 27.2 Å². The molecule has 1 saturated carbocycles. The molecule has 1 aliphatic carbocycles. The first-order valence-corrected chi connectivity index (χ1v) is 11.7. The SMILES string of the molecule is CNc1cc2c(cn1)cc(-c1cc(NC(=O)NC(C)C)c(F)cc1CN)c(=O)n2C1CCCC1. The van der Waals surface area contributed by atoms with Gasteiger partial charge in [-0.1, -0.05) is 12.8 Å². The van der Waals surface area contributed by atoms with E-state index in [1.54, 1.807) is 19.3 Å².